The average molecular weight is 255 g/mol. The van der Waals surface area contributed by atoms with Gasteiger partial charge < -0.3 is 10.2 Å². The number of nitrogens with one attached hydrogen (secondary N) is 1. The predicted molar refractivity (Wildman–Crippen MR) is 80.1 cm³/mol. The molecule has 1 rings (SSSR count). The fourth-order valence-corrected chi connectivity index (χ4v) is 3.07. The van der Waals surface area contributed by atoms with E-state index in [1.165, 1.54) is 45.6 Å². The lowest BCUT2D eigenvalue weighted by Crippen LogP contribution is -2.52. The molecule has 1 fully saturated rings. The summed E-state index contributed by atoms with van der Waals surface area (Å²) in [5, 5.41) is 3.39. The Balaban J connectivity index is 2.47. The van der Waals surface area contributed by atoms with Gasteiger partial charge in [0.15, 0.2) is 0 Å². The largest absolute Gasteiger partial charge is 0.319 e. The molecule has 3 nitrogen and oxygen atoms in total. The molecule has 1 N–H and O–H groups in total. The van der Waals surface area contributed by atoms with Crippen molar-refractivity contribution >= 4 is 0 Å². The summed E-state index contributed by atoms with van der Waals surface area (Å²) in [5.74, 6) is 0. The van der Waals surface area contributed by atoms with Gasteiger partial charge in [-0.15, -0.1) is 0 Å². The second-order valence-electron chi connectivity index (χ2n) is 6.14. The highest BCUT2D eigenvalue weighted by Gasteiger charge is 2.29. The summed E-state index contributed by atoms with van der Waals surface area (Å²) < 4.78 is 0. The summed E-state index contributed by atoms with van der Waals surface area (Å²) in [7, 11) is 2.08. The second kappa shape index (κ2) is 7.46. The molecule has 0 spiro atoms. The van der Waals surface area contributed by atoms with E-state index in [0.717, 1.165) is 6.54 Å². The lowest BCUT2D eigenvalue weighted by atomic mass is 9.81. The molecule has 0 bridgehead atoms. The molecule has 1 aliphatic rings. The Hall–Kier alpha value is -0.120. The van der Waals surface area contributed by atoms with Crippen molar-refractivity contribution in [2.75, 3.05) is 46.3 Å². The van der Waals surface area contributed by atoms with Gasteiger partial charge in [-0.2, -0.15) is 0 Å². The highest BCUT2D eigenvalue weighted by Crippen LogP contribution is 2.27. The fraction of sp³-hybridized carbons (Fsp3) is 1.00. The van der Waals surface area contributed by atoms with Crippen molar-refractivity contribution in [3.8, 4) is 0 Å². The number of rotatable bonds is 7. The van der Waals surface area contributed by atoms with Crippen LogP contribution >= 0.6 is 0 Å². The van der Waals surface area contributed by atoms with Crippen molar-refractivity contribution in [3.63, 3.8) is 0 Å². The van der Waals surface area contributed by atoms with Crippen LogP contribution in [0.5, 0.6) is 0 Å². The molecule has 0 saturated carbocycles. The smallest absolute Gasteiger partial charge is 0.0113 e. The van der Waals surface area contributed by atoms with E-state index < -0.39 is 0 Å². The van der Waals surface area contributed by atoms with Crippen molar-refractivity contribution in [1.82, 2.24) is 15.1 Å². The molecular weight excluding hydrogens is 222 g/mol. The summed E-state index contributed by atoms with van der Waals surface area (Å²) in [5.41, 5.74) is 0.467. The van der Waals surface area contributed by atoms with Gasteiger partial charge in [0.05, 0.1) is 0 Å². The Bertz CT molecular complexity index is 216. The van der Waals surface area contributed by atoms with E-state index in [1.54, 1.807) is 0 Å². The van der Waals surface area contributed by atoms with Crippen LogP contribution in [-0.4, -0.2) is 62.2 Å². The van der Waals surface area contributed by atoms with Gasteiger partial charge >= 0.3 is 0 Å². The van der Waals surface area contributed by atoms with E-state index in [9.17, 15) is 0 Å². The molecule has 0 aliphatic carbocycles. The van der Waals surface area contributed by atoms with Gasteiger partial charge in [-0.05, 0) is 39.2 Å². The average Bonchev–Trinajstić information content (AvgIpc) is 2.38. The molecule has 0 amide bonds. The topological polar surface area (TPSA) is 18.5 Å². The molecule has 0 radical (unpaired) electrons. The molecular formula is C15H33N3. The molecule has 1 aliphatic heterocycles. The van der Waals surface area contributed by atoms with Crippen molar-refractivity contribution in [2.45, 2.75) is 46.6 Å². The van der Waals surface area contributed by atoms with Crippen molar-refractivity contribution in [2.24, 2.45) is 5.41 Å². The Kier molecular flexibility index (Phi) is 6.61. The Morgan fingerprint density at radius 1 is 1.06 bits per heavy atom. The molecule has 0 atom stereocenters. The van der Waals surface area contributed by atoms with Crippen LogP contribution in [0.3, 0.4) is 0 Å². The summed E-state index contributed by atoms with van der Waals surface area (Å²) in [6.07, 6.45) is 2.55. The van der Waals surface area contributed by atoms with Gasteiger partial charge in [-0.1, -0.05) is 13.8 Å². The quantitative estimate of drug-likeness (QED) is 0.751. The zero-order chi connectivity index (χ0) is 13.6. The van der Waals surface area contributed by atoms with Crippen LogP contribution in [0.15, 0.2) is 0 Å². The zero-order valence-corrected chi connectivity index (χ0v) is 13.1. The third kappa shape index (κ3) is 4.22. The molecule has 0 aromatic rings. The number of hydrogen-bond donors (Lipinski definition) is 1. The van der Waals surface area contributed by atoms with E-state index in [-0.39, 0.29) is 0 Å². The van der Waals surface area contributed by atoms with E-state index in [0.29, 0.717) is 11.5 Å². The van der Waals surface area contributed by atoms with E-state index in [2.05, 4.69) is 49.9 Å². The first-order valence-electron chi connectivity index (χ1n) is 7.68. The SMILES string of the molecule is CCC(CC)(CNC)CN1CCN(C(C)C)CC1. The molecule has 108 valence electrons. The molecule has 18 heavy (non-hydrogen) atoms. The Morgan fingerprint density at radius 3 is 2.00 bits per heavy atom. The number of hydrogen-bond acceptors (Lipinski definition) is 3. The number of nitrogens with zero attached hydrogens (tertiary/aromatic N) is 2. The predicted octanol–water partition coefficient (Wildman–Crippen LogP) is 2.04. The third-order valence-electron chi connectivity index (χ3n) is 4.75. The molecule has 1 saturated heterocycles. The van der Waals surface area contributed by atoms with Gasteiger partial charge in [-0.25, -0.2) is 0 Å². The molecule has 0 aromatic carbocycles. The van der Waals surface area contributed by atoms with Crippen LogP contribution < -0.4 is 5.32 Å². The van der Waals surface area contributed by atoms with Crippen LogP contribution in [0.25, 0.3) is 0 Å². The summed E-state index contributed by atoms with van der Waals surface area (Å²) >= 11 is 0. The van der Waals surface area contributed by atoms with Gasteiger partial charge in [0, 0.05) is 45.3 Å². The molecule has 0 aromatic heterocycles. The fourth-order valence-electron chi connectivity index (χ4n) is 3.07. The van der Waals surface area contributed by atoms with Crippen LogP contribution in [0, 0.1) is 5.41 Å². The zero-order valence-electron chi connectivity index (χ0n) is 13.1. The highest BCUT2D eigenvalue weighted by atomic mass is 15.3. The summed E-state index contributed by atoms with van der Waals surface area (Å²) in [4.78, 5) is 5.26. The lowest BCUT2D eigenvalue weighted by Gasteiger charge is -2.42. The minimum atomic E-state index is 0.467. The Labute approximate surface area is 114 Å². The van der Waals surface area contributed by atoms with Gasteiger partial charge in [0.25, 0.3) is 0 Å². The number of piperazine rings is 1. The van der Waals surface area contributed by atoms with Crippen LogP contribution in [-0.2, 0) is 0 Å². The first-order valence-corrected chi connectivity index (χ1v) is 7.68. The minimum absolute atomic E-state index is 0.467. The van der Waals surface area contributed by atoms with Gasteiger partial charge in [0.2, 0.25) is 0 Å². The van der Waals surface area contributed by atoms with Gasteiger partial charge in [0.1, 0.15) is 0 Å². The molecule has 3 heteroatoms. The first kappa shape index (κ1) is 15.9. The first-order chi connectivity index (χ1) is 8.56. The normalized spacial score (nSPS) is 19.7. The minimum Gasteiger partial charge on any atom is -0.319 e. The Morgan fingerprint density at radius 2 is 1.61 bits per heavy atom. The third-order valence-corrected chi connectivity index (χ3v) is 4.75. The van der Waals surface area contributed by atoms with E-state index in [1.807, 2.05) is 0 Å². The van der Waals surface area contributed by atoms with E-state index in [4.69, 9.17) is 0 Å². The standard InChI is InChI=1S/C15H33N3/c1-6-15(7-2,12-16-5)13-17-8-10-18(11-9-17)14(3)4/h14,16H,6-13H2,1-5H3. The summed E-state index contributed by atoms with van der Waals surface area (Å²) in [6, 6.07) is 0.701. The highest BCUT2D eigenvalue weighted by molar-refractivity contribution is 4.85. The summed E-state index contributed by atoms with van der Waals surface area (Å²) in [6.45, 7) is 16.6. The van der Waals surface area contributed by atoms with E-state index >= 15 is 0 Å². The molecule has 0 unspecified atom stereocenters. The maximum Gasteiger partial charge on any atom is 0.0113 e. The lowest BCUT2D eigenvalue weighted by molar-refractivity contribution is 0.0664. The van der Waals surface area contributed by atoms with Crippen molar-refractivity contribution in [1.29, 1.82) is 0 Å². The van der Waals surface area contributed by atoms with Crippen LogP contribution in [0.2, 0.25) is 0 Å². The van der Waals surface area contributed by atoms with Gasteiger partial charge in [-0.3, -0.25) is 4.90 Å². The maximum absolute atomic E-state index is 3.39. The van der Waals surface area contributed by atoms with Crippen LogP contribution in [0.4, 0.5) is 0 Å². The van der Waals surface area contributed by atoms with Crippen LogP contribution in [0.1, 0.15) is 40.5 Å². The molecule has 1 heterocycles. The monoisotopic (exact) mass is 255 g/mol. The van der Waals surface area contributed by atoms with Crippen molar-refractivity contribution in [3.05, 3.63) is 0 Å². The second-order valence-corrected chi connectivity index (χ2v) is 6.14. The maximum atomic E-state index is 3.39. The van der Waals surface area contributed by atoms with Crippen molar-refractivity contribution < 1.29 is 0 Å².